The first kappa shape index (κ1) is 17.2. The van der Waals surface area contributed by atoms with Crippen molar-refractivity contribution in [1.82, 2.24) is 15.1 Å². The summed E-state index contributed by atoms with van der Waals surface area (Å²) in [6.45, 7) is 1.55. The minimum atomic E-state index is -0.357. The molecule has 25 heavy (non-hydrogen) atoms. The van der Waals surface area contributed by atoms with Gasteiger partial charge in [0.1, 0.15) is 6.04 Å². The van der Waals surface area contributed by atoms with Crippen molar-refractivity contribution in [2.24, 2.45) is 0 Å². The quantitative estimate of drug-likeness (QED) is 0.856. The smallest absolute Gasteiger partial charge is 0.255 e. The van der Waals surface area contributed by atoms with E-state index in [0.29, 0.717) is 34.3 Å². The van der Waals surface area contributed by atoms with E-state index >= 15 is 0 Å². The van der Waals surface area contributed by atoms with Crippen LogP contribution in [0.5, 0.6) is 0 Å². The van der Waals surface area contributed by atoms with Crippen molar-refractivity contribution in [2.75, 3.05) is 24.7 Å². The summed E-state index contributed by atoms with van der Waals surface area (Å²) in [5.74, 6) is 1.25. The number of halogens is 1. The lowest BCUT2D eigenvalue weighted by molar-refractivity contribution is -0.135. The molecule has 5 nitrogen and oxygen atoms in total. The van der Waals surface area contributed by atoms with Crippen LogP contribution in [0.1, 0.15) is 29.6 Å². The Morgan fingerprint density at radius 3 is 2.68 bits per heavy atom. The number of carbonyl (C=O) groups excluding carboxylic acids is 2. The molecule has 3 fully saturated rings. The second-order valence-corrected chi connectivity index (χ2v) is 8.44. The van der Waals surface area contributed by atoms with Crippen LogP contribution in [0, 0.1) is 0 Å². The Labute approximate surface area is 157 Å². The highest BCUT2D eigenvalue weighted by molar-refractivity contribution is 7.99. The van der Waals surface area contributed by atoms with Crippen molar-refractivity contribution >= 4 is 35.2 Å². The van der Waals surface area contributed by atoms with Crippen LogP contribution in [-0.2, 0) is 4.79 Å². The highest BCUT2D eigenvalue weighted by Gasteiger charge is 2.39. The van der Waals surface area contributed by atoms with Gasteiger partial charge in [-0.25, -0.2) is 0 Å². The lowest BCUT2D eigenvalue weighted by Crippen LogP contribution is -2.51. The SMILES string of the molecule is O=C(C1CSCN1C(=O)c1ccc(Cl)cc1)N1CCC2CCC(C1)N2. The van der Waals surface area contributed by atoms with Gasteiger partial charge in [-0.15, -0.1) is 11.8 Å². The highest BCUT2D eigenvalue weighted by Crippen LogP contribution is 2.27. The van der Waals surface area contributed by atoms with Gasteiger partial charge in [0.25, 0.3) is 5.91 Å². The maximum Gasteiger partial charge on any atom is 0.255 e. The van der Waals surface area contributed by atoms with E-state index in [2.05, 4.69) is 5.32 Å². The number of rotatable bonds is 2. The number of carbonyl (C=O) groups is 2. The third-order valence-corrected chi connectivity index (χ3v) is 6.62. The number of thioether (sulfide) groups is 1. The predicted octanol–water partition coefficient (Wildman–Crippen LogP) is 2.21. The number of hydrogen-bond acceptors (Lipinski definition) is 4. The van der Waals surface area contributed by atoms with E-state index in [4.69, 9.17) is 11.6 Å². The molecule has 4 rings (SSSR count). The summed E-state index contributed by atoms with van der Waals surface area (Å²) < 4.78 is 0. The molecule has 3 unspecified atom stereocenters. The molecular formula is C18H22ClN3O2S. The average Bonchev–Trinajstić information content (AvgIpc) is 3.21. The molecule has 1 aromatic carbocycles. The molecule has 0 saturated carbocycles. The van der Waals surface area contributed by atoms with Crippen LogP contribution in [0.15, 0.2) is 24.3 Å². The van der Waals surface area contributed by atoms with Crippen LogP contribution in [0.25, 0.3) is 0 Å². The average molecular weight is 380 g/mol. The fourth-order valence-corrected chi connectivity index (χ4v) is 5.23. The lowest BCUT2D eigenvalue weighted by Gasteiger charge is -2.30. The number of nitrogens with one attached hydrogen (secondary N) is 1. The monoisotopic (exact) mass is 379 g/mol. The number of nitrogens with zero attached hydrogens (tertiary/aromatic N) is 2. The number of likely N-dealkylation sites (tertiary alicyclic amines) is 1. The van der Waals surface area contributed by atoms with Crippen molar-refractivity contribution in [3.8, 4) is 0 Å². The fraction of sp³-hybridized carbons (Fsp3) is 0.556. The summed E-state index contributed by atoms with van der Waals surface area (Å²) in [6, 6.07) is 7.48. The third kappa shape index (κ3) is 3.52. The van der Waals surface area contributed by atoms with Gasteiger partial charge >= 0.3 is 0 Å². The van der Waals surface area contributed by atoms with Crippen molar-refractivity contribution in [1.29, 1.82) is 0 Å². The van der Waals surface area contributed by atoms with Gasteiger partial charge in [0, 0.05) is 41.5 Å². The van der Waals surface area contributed by atoms with E-state index in [1.54, 1.807) is 40.9 Å². The number of hydrogen-bond donors (Lipinski definition) is 1. The Bertz CT molecular complexity index is 669. The number of benzene rings is 1. The van der Waals surface area contributed by atoms with Gasteiger partial charge in [-0.05, 0) is 43.5 Å². The van der Waals surface area contributed by atoms with Crippen LogP contribution in [0.2, 0.25) is 5.02 Å². The zero-order chi connectivity index (χ0) is 17.4. The molecule has 0 spiro atoms. The molecule has 2 amide bonds. The van der Waals surface area contributed by atoms with Gasteiger partial charge in [0.05, 0.1) is 5.88 Å². The van der Waals surface area contributed by atoms with Crippen LogP contribution in [0.4, 0.5) is 0 Å². The maximum absolute atomic E-state index is 13.1. The largest absolute Gasteiger partial charge is 0.339 e. The van der Waals surface area contributed by atoms with E-state index in [9.17, 15) is 9.59 Å². The summed E-state index contributed by atoms with van der Waals surface area (Å²) in [5.41, 5.74) is 0.585. The topological polar surface area (TPSA) is 52.7 Å². The molecule has 3 aliphatic heterocycles. The lowest BCUT2D eigenvalue weighted by atomic mass is 10.1. The van der Waals surface area contributed by atoms with E-state index in [1.165, 1.54) is 6.42 Å². The van der Waals surface area contributed by atoms with Crippen molar-refractivity contribution in [3.63, 3.8) is 0 Å². The highest BCUT2D eigenvalue weighted by atomic mass is 35.5. The Kier molecular flexibility index (Phi) is 4.93. The van der Waals surface area contributed by atoms with Crippen LogP contribution >= 0.6 is 23.4 Å². The molecule has 3 saturated heterocycles. The van der Waals surface area contributed by atoms with E-state index in [0.717, 1.165) is 25.9 Å². The molecule has 3 aliphatic rings. The first-order chi connectivity index (χ1) is 12.1. The Morgan fingerprint density at radius 1 is 1.12 bits per heavy atom. The summed E-state index contributed by atoms with van der Waals surface area (Å²) in [7, 11) is 0. The van der Waals surface area contributed by atoms with Crippen molar-refractivity contribution in [3.05, 3.63) is 34.9 Å². The molecule has 3 atom stereocenters. The zero-order valence-electron chi connectivity index (χ0n) is 14.0. The standard InChI is InChI=1S/C18H22ClN3O2S/c19-13-3-1-12(2-4-13)17(23)22-11-25-10-16(22)18(24)21-8-7-14-5-6-15(9-21)20-14/h1-4,14-16,20H,5-11H2. The first-order valence-corrected chi connectivity index (χ1v) is 10.3. The molecule has 1 N–H and O–H groups in total. The Morgan fingerprint density at radius 2 is 1.88 bits per heavy atom. The molecule has 0 radical (unpaired) electrons. The van der Waals surface area contributed by atoms with Gasteiger partial charge in [-0.3, -0.25) is 9.59 Å². The fourth-order valence-electron chi connectivity index (χ4n) is 3.96. The predicted molar refractivity (Wildman–Crippen MR) is 99.9 cm³/mol. The molecule has 2 bridgehead atoms. The molecule has 0 aromatic heterocycles. The second kappa shape index (κ2) is 7.17. The van der Waals surface area contributed by atoms with Crippen molar-refractivity contribution < 1.29 is 9.59 Å². The molecule has 134 valence electrons. The zero-order valence-corrected chi connectivity index (χ0v) is 15.6. The van der Waals surface area contributed by atoms with Crippen LogP contribution in [0.3, 0.4) is 0 Å². The minimum absolute atomic E-state index is 0.0884. The molecule has 7 heteroatoms. The van der Waals surface area contributed by atoms with Gasteiger partial charge in [0.2, 0.25) is 5.91 Å². The van der Waals surface area contributed by atoms with E-state index < -0.39 is 0 Å². The summed E-state index contributed by atoms with van der Waals surface area (Å²) in [5, 5.41) is 4.20. The summed E-state index contributed by atoms with van der Waals surface area (Å²) >= 11 is 7.55. The van der Waals surface area contributed by atoms with Crippen LogP contribution in [-0.4, -0.2) is 64.5 Å². The maximum atomic E-state index is 13.1. The van der Waals surface area contributed by atoms with Crippen molar-refractivity contribution in [2.45, 2.75) is 37.4 Å². The molecule has 3 heterocycles. The molecule has 0 aliphatic carbocycles. The summed E-state index contributed by atoms with van der Waals surface area (Å²) in [4.78, 5) is 29.6. The van der Waals surface area contributed by atoms with E-state index in [1.807, 2.05) is 4.90 Å². The van der Waals surface area contributed by atoms with Gasteiger partial charge in [0.15, 0.2) is 0 Å². The van der Waals surface area contributed by atoms with E-state index in [-0.39, 0.29) is 17.9 Å². The first-order valence-electron chi connectivity index (χ1n) is 8.81. The number of amides is 2. The Balaban J connectivity index is 1.48. The molecule has 1 aromatic rings. The Hall–Kier alpha value is -1.24. The van der Waals surface area contributed by atoms with Gasteiger partial charge in [-0.1, -0.05) is 11.6 Å². The molecular weight excluding hydrogens is 358 g/mol. The number of fused-ring (bicyclic) bond motifs is 2. The van der Waals surface area contributed by atoms with Gasteiger partial charge in [-0.2, -0.15) is 0 Å². The van der Waals surface area contributed by atoms with Crippen LogP contribution < -0.4 is 5.32 Å². The van der Waals surface area contributed by atoms with Gasteiger partial charge < -0.3 is 15.1 Å². The minimum Gasteiger partial charge on any atom is -0.339 e. The summed E-state index contributed by atoms with van der Waals surface area (Å²) in [6.07, 6.45) is 3.36. The second-order valence-electron chi connectivity index (χ2n) is 7.01. The third-order valence-electron chi connectivity index (χ3n) is 5.35. The normalized spacial score (nSPS) is 28.9.